The number of carbonyl (C=O) groups excluding carboxylic acids is 1. The van der Waals surface area contributed by atoms with Crippen molar-refractivity contribution >= 4 is 17.8 Å². The monoisotopic (exact) mass is 522 g/mol. The number of aliphatic imine (C=N–C) groups is 2. The van der Waals surface area contributed by atoms with E-state index in [1.165, 1.54) is 61.8 Å². The number of likely N-dealkylation sites (tertiary alicyclic amines) is 1. The number of amides is 1. The second kappa shape index (κ2) is 17.2. The van der Waals surface area contributed by atoms with Gasteiger partial charge < -0.3 is 20.7 Å². The molecule has 1 aliphatic carbocycles. The highest BCUT2D eigenvalue weighted by Gasteiger charge is 2.17. The molecule has 0 radical (unpaired) electrons. The fourth-order valence-electron chi connectivity index (χ4n) is 4.04. The Morgan fingerprint density at radius 3 is 2.74 bits per heavy atom. The number of unbranched alkanes of at least 4 members (excludes halogenated alkanes) is 1. The van der Waals surface area contributed by atoms with Crippen LogP contribution in [0.15, 0.2) is 81.8 Å². The summed E-state index contributed by atoms with van der Waals surface area (Å²) in [5.41, 5.74) is 9.54. The topological polar surface area (TPSA) is 104 Å². The first kappa shape index (κ1) is 30.8. The summed E-state index contributed by atoms with van der Waals surface area (Å²) in [5, 5.41) is 5.27. The van der Waals surface area contributed by atoms with E-state index < -0.39 is 0 Å². The van der Waals surface area contributed by atoms with Gasteiger partial charge in [0.15, 0.2) is 0 Å². The minimum Gasteiger partial charge on any atom is -0.465 e. The Morgan fingerprint density at radius 2 is 2.05 bits per heavy atom. The number of hydrogen-bond acceptors (Lipinski definition) is 7. The summed E-state index contributed by atoms with van der Waals surface area (Å²) in [6.45, 7) is 16.3. The number of ether oxygens (including phenoxy) is 1. The largest absolute Gasteiger partial charge is 0.465 e. The maximum absolute atomic E-state index is 11.3. The smallest absolute Gasteiger partial charge is 0.296 e. The lowest BCUT2D eigenvalue weighted by Crippen LogP contribution is -2.34. The molecule has 0 aromatic carbocycles. The zero-order valence-corrected chi connectivity index (χ0v) is 23.6. The number of amidine groups is 2. The molecule has 3 rings (SSSR count). The van der Waals surface area contributed by atoms with Gasteiger partial charge in [0.1, 0.15) is 18.2 Å². The van der Waals surface area contributed by atoms with Crippen molar-refractivity contribution in [3.05, 3.63) is 71.8 Å². The van der Waals surface area contributed by atoms with E-state index in [4.69, 9.17) is 10.5 Å². The Morgan fingerprint density at radius 1 is 1.29 bits per heavy atom. The lowest BCUT2D eigenvalue weighted by atomic mass is 9.91. The molecule has 1 fully saturated rings. The molecule has 1 amide bonds. The standard InChI is InChI=1S/C19H27N.C11H19N5O2/c1-4-18(11-10-16(2)3)19-9-7-8-17(14-19)15-20-12-5-6-13-20;1-3-4-5-18-11-15-8(2)13-7-10(17)14-6-9(12)16-11/h4,7,9-11,14,17H,1,5-6,8,12-13,15H2,2-3H3;6H,3-5,7,12H2,1-2H3,(H,14,17)(H,13,15,16)/b18-11+;9-6+. The zero-order valence-electron chi connectivity index (χ0n) is 23.6. The summed E-state index contributed by atoms with van der Waals surface area (Å²) >= 11 is 0. The van der Waals surface area contributed by atoms with E-state index in [0.29, 0.717) is 18.4 Å². The minimum atomic E-state index is -0.246. The summed E-state index contributed by atoms with van der Waals surface area (Å²) in [4.78, 5) is 22.0. The zero-order chi connectivity index (χ0) is 27.8. The molecular formula is C30H46N6O2. The third-order valence-corrected chi connectivity index (χ3v) is 6.08. The van der Waals surface area contributed by atoms with E-state index in [-0.39, 0.29) is 24.3 Å². The molecule has 1 saturated heterocycles. The van der Waals surface area contributed by atoms with Crippen molar-refractivity contribution in [1.29, 1.82) is 0 Å². The van der Waals surface area contributed by atoms with E-state index in [0.717, 1.165) is 12.8 Å². The highest BCUT2D eigenvalue weighted by atomic mass is 16.5. The molecule has 1 unspecified atom stereocenters. The number of rotatable bonds is 8. The Bertz CT molecular complexity index is 1010. The van der Waals surface area contributed by atoms with Gasteiger partial charge in [0.05, 0.1) is 6.61 Å². The average molecular weight is 523 g/mol. The van der Waals surface area contributed by atoms with Gasteiger partial charge in [0.2, 0.25) is 5.91 Å². The molecule has 2 heterocycles. The molecular weight excluding hydrogens is 476 g/mol. The minimum absolute atomic E-state index is 0.0152. The lowest BCUT2D eigenvalue weighted by molar-refractivity contribution is -0.118. The van der Waals surface area contributed by atoms with E-state index in [2.05, 4.69) is 83.2 Å². The molecule has 0 bridgehead atoms. The van der Waals surface area contributed by atoms with Crippen LogP contribution in [0.5, 0.6) is 0 Å². The summed E-state index contributed by atoms with van der Waals surface area (Å²) in [6.07, 6.45) is 20.5. The maximum Gasteiger partial charge on any atom is 0.296 e. The SMILES string of the molecule is C=C/C(=C\C=C(C)C)C1=CC(CN2CCCC2)CC=C1.CCCCOC1=NC(C)=NCC(=O)N/C=C(\N)N1. The predicted molar refractivity (Wildman–Crippen MR) is 159 cm³/mol. The van der Waals surface area contributed by atoms with Crippen molar-refractivity contribution in [1.82, 2.24) is 15.5 Å². The average Bonchev–Trinajstić information content (AvgIpc) is 3.40. The highest BCUT2D eigenvalue weighted by molar-refractivity contribution is 5.94. The molecule has 0 spiro atoms. The van der Waals surface area contributed by atoms with Crippen LogP contribution < -0.4 is 16.4 Å². The molecule has 208 valence electrons. The third-order valence-electron chi connectivity index (χ3n) is 6.08. The van der Waals surface area contributed by atoms with Gasteiger partial charge in [-0.15, -0.1) is 0 Å². The lowest BCUT2D eigenvalue weighted by Gasteiger charge is -2.23. The van der Waals surface area contributed by atoms with Gasteiger partial charge in [-0.2, -0.15) is 4.99 Å². The fraction of sp³-hybridized carbons (Fsp3) is 0.500. The second-order valence-corrected chi connectivity index (χ2v) is 9.87. The van der Waals surface area contributed by atoms with Crippen LogP contribution in [-0.2, 0) is 9.53 Å². The summed E-state index contributed by atoms with van der Waals surface area (Å²) in [5.74, 6) is 1.12. The van der Waals surface area contributed by atoms with Gasteiger partial charge in [-0.05, 0) is 76.6 Å². The molecule has 0 aromatic rings. The number of allylic oxidation sites excluding steroid dienone is 8. The quantitative estimate of drug-likeness (QED) is 0.316. The van der Waals surface area contributed by atoms with Crippen LogP contribution in [-0.4, -0.2) is 55.5 Å². The van der Waals surface area contributed by atoms with Gasteiger partial charge in [-0.25, -0.2) is 0 Å². The number of carbonyl (C=O) groups is 1. The number of hydrogen-bond donors (Lipinski definition) is 3. The number of nitrogens with zero attached hydrogens (tertiary/aromatic N) is 3. The first-order chi connectivity index (χ1) is 18.3. The molecule has 4 N–H and O–H groups in total. The molecule has 0 saturated carbocycles. The van der Waals surface area contributed by atoms with Crippen molar-refractivity contribution in [3.8, 4) is 0 Å². The number of nitrogens with one attached hydrogen (secondary N) is 2. The van der Waals surface area contributed by atoms with Crippen LogP contribution >= 0.6 is 0 Å². The van der Waals surface area contributed by atoms with Crippen LogP contribution in [0.3, 0.4) is 0 Å². The van der Waals surface area contributed by atoms with Gasteiger partial charge >= 0.3 is 0 Å². The normalized spacial score (nSPS) is 21.7. The molecule has 2 aliphatic heterocycles. The van der Waals surface area contributed by atoms with Crippen LogP contribution in [0.2, 0.25) is 0 Å². The molecule has 3 aliphatic rings. The molecule has 0 aromatic heterocycles. The highest BCUT2D eigenvalue weighted by Crippen LogP contribution is 2.25. The van der Waals surface area contributed by atoms with Crippen LogP contribution in [0, 0.1) is 5.92 Å². The van der Waals surface area contributed by atoms with Gasteiger partial charge in [0.25, 0.3) is 6.02 Å². The van der Waals surface area contributed by atoms with Gasteiger partial charge in [-0.3, -0.25) is 15.1 Å². The van der Waals surface area contributed by atoms with Crippen LogP contribution in [0.25, 0.3) is 0 Å². The second-order valence-electron chi connectivity index (χ2n) is 9.87. The maximum atomic E-state index is 11.3. The Kier molecular flexibility index (Phi) is 13.9. The van der Waals surface area contributed by atoms with Crippen molar-refractivity contribution in [3.63, 3.8) is 0 Å². The first-order valence-corrected chi connectivity index (χ1v) is 13.6. The summed E-state index contributed by atoms with van der Waals surface area (Å²) in [6, 6.07) is 0.287. The van der Waals surface area contributed by atoms with Crippen molar-refractivity contribution in [2.45, 2.75) is 59.8 Å². The third kappa shape index (κ3) is 12.2. The molecule has 1 atom stereocenters. The number of nitrogens with two attached hydrogens (primary N) is 1. The first-order valence-electron chi connectivity index (χ1n) is 13.6. The fourth-order valence-corrected chi connectivity index (χ4v) is 4.04. The van der Waals surface area contributed by atoms with E-state index >= 15 is 0 Å². The van der Waals surface area contributed by atoms with Gasteiger partial charge in [0, 0.05) is 12.7 Å². The Labute approximate surface area is 228 Å². The predicted octanol–water partition coefficient (Wildman–Crippen LogP) is 4.72. The molecule has 8 nitrogen and oxygen atoms in total. The molecule has 38 heavy (non-hydrogen) atoms. The van der Waals surface area contributed by atoms with Crippen molar-refractivity contribution < 1.29 is 9.53 Å². The van der Waals surface area contributed by atoms with E-state index in [1.54, 1.807) is 6.92 Å². The van der Waals surface area contributed by atoms with Crippen LogP contribution in [0.4, 0.5) is 0 Å². The summed E-state index contributed by atoms with van der Waals surface area (Å²) < 4.78 is 5.45. The molecule has 8 heteroatoms. The van der Waals surface area contributed by atoms with E-state index in [9.17, 15) is 4.79 Å². The Balaban J connectivity index is 0.000000269. The Hall–Kier alpha value is -3.39. The van der Waals surface area contributed by atoms with Crippen molar-refractivity contribution in [2.75, 3.05) is 32.8 Å². The van der Waals surface area contributed by atoms with Crippen LogP contribution in [0.1, 0.15) is 59.8 Å². The van der Waals surface area contributed by atoms with E-state index in [1.807, 2.05) is 6.08 Å². The van der Waals surface area contributed by atoms with Gasteiger partial charge in [-0.1, -0.05) is 62.0 Å². The summed E-state index contributed by atoms with van der Waals surface area (Å²) in [7, 11) is 0. The van der Waals surface area contributed by atoms with Crippen molar-refractivity contribution in [2.24, 2.45) is 21.6 Å².